The van der Waals surface area contributed by atoms with E-state index in [2.05, 4.69) is 119 Å². The van der Waals surface area contributed by atoms with Crippen LogP contribution in [0.2, 0.25) is 0 Å². The first kappa shape index (κ1) is 27.7. The average molecular weight is 572 g/mol. The highest BCUT2D eigenvalue weighted by Crippen LogP contribution is 2.52. The summed E-state index contributed by atoms with van der Waals surface area (Å²) < 4.78 is 12.9. The van der Waals surface area contributed by atoms with Gasteiger partial charge in [-0.25, -0.2) is 9.98 Å². The second-order valence-electron chi connectivity index (χ2n) is 13.9. The summed E-state index contributed by atoms with van der Waals surface area (Å²) in [7, 11) is 0. The van der Waals surface area contributed by atoms with Crippen molar-refractivity contribution < 1.29 is 9.47 Å². The van der Waals surface area contributed by atoms with Crippen LogP contribution in [0.3, 0.4) is 0 Å². The van der Waals surface area contributed by atoms with Crippen molar-refractivity contribution in [2.24, 2.45) is 4.99 Å². The maximum Gasteiger partial charge on any atom is 0.216 e. The molecule has 1 saturated carbocycles. The van der Waals surface area contributed by atoms with Gasteiger partial charge in [-0.2, -0.15) is 0 Å². The van der Waals surface area contributed by atoms with Gasteiger partial charge in [-0.15, -0.1) is 0 Å². The molecule has 5 heteroatoms. The van der Waals surface area contributed by atoms with Gasteiger partial charge < -0.3 is 9.47 Å². The standard InChI is InChI=1S/C38H41N3O2/c1-24-19-25(36-40-31-12-8-10-14-34(31)43-36)21-28(20-24)42-27-15-16-30-33(23-27)41(32-13-9-7-11-29(32)38(30,5)6)35-22-26(17-18-39-35)37(2,3)4/h7,9,11,13,15-23,31,34H,8,10,12,14H2,1-6H3/t31-,34-/m0/s1. The molecular formula is C38H41N3O2. The predicted octanol–water partition coefficient (Wildman–Crippen LogP) is 9.68. The van der Waals surface area contributed by atoms with Gasteiger partial charge in [-0.3, -0.25) is 4.90 Å². The van der Waals surface area contributed by atoms with Crippen LogP contribution >= 0.6 is 0 Å². The number of ether oxygens (including phenoxy) is 2. The van der Waals surface area contributed by atoms with E-state index >= 15 is 0 Å². The van der Waals surface area contributed by atoms with Gasteiger partial charge in [0.25, 0.3) is 0 Å². The van der Waals surface area contributed by atoms with Crippen LogP contribution < -0.4 is 9.64 Å². The van der Waals surface area contributed by atoms with Crippen LogP contribution in [0.4, 0.5) is 17.2 Å². The number of fused-ring (bicyclic) bond motifs is 3. The molecule has 3 heterocycles. The molecule has 0 saturated heterocycles. The highest BCUT2D eigenvalue weighted by molar-refractivity contribution is 5.96. The van der Waals surface area contributed by atoms with Crippen molar-refractivity contribution in [1.29, 1.82) is 0 Å². The van der Waals surface area contributed by atoms with Crippen molar-refractivity contribution in [2.45, 2.75) is 90.2 Å². The maximum absolute atomic E-state index is 6.60. The Bertz CT molecular complexity index is 1730. The molecule has 0 bridgehead atoms. The number of anilines is 3. The summed E-state index contributed by atoms with van der Waals surface area (Å²) in [5.74, 6) is 3.23. The van der Waals surface area contributed by atoms with Crippen LogP contribution in [-0.4, -0.2) is 23.0 Å². The second kappa shape index (κ2) is 10.3. The molecule has 0 amide bonds. The molecule has 0 unspecified atom stereocenters. The Kier molecular flexibility index (Phi) is 6.61. The number of pyridine rings is 1. The van der Waals surface area contributed by atoms with Gasteiger partial charge in [-0.1, -0.05) is 65.3 Å². The van der Waals surface area contributed by atoms with Gasteiger partial charge >= 0.3 is 0 Å². The zero-order chi connectivity index (χ0) is 29.9. The third-order valence-electron chi connectivity index (χ3n) is 9.29. The largest absolute Gasteiger partial charge is 0.472 e. The number of hydrogen-bond donors (Lipinski definition) is 0. The van der Waals surface area contributed by atoms with E-state index in [1.54, 1.807) is 0 Å². The summed E-state index contributed by atoms with van der Waals surface area (Å²) in [5, 5.41) is 0. The van der Waals surface area contributed by atoms with Gasteiger partial charge in [0.2, 0.25) is 5.90 Å². The van der Waals surface area contributed by atoms with Crippen LogP contribution in [-0.2, 0) is 15.6 Å². The van der Waals surface area contributed by atoms with E-state index in [4.69, 9.17) is 19.5 Å². The topological polar surface area (TPSA) is 47.0 Å². The second-order valence-corrected chi connectivity index (χ2v) is 13.9. The van der Waals surface area contributed by atoms with Gasteiger partial charge in [-0.05, 0) is 96.3 Å². The summed E-state index contributed by atoms with van der Waals surface area (Å²) in [5.41, 5.74) is 7.92. The molecule has 1 aliphatic carbocycles. The van der Waals surface area contributed by atoms with E-state index in [0.29, 0.717) is 0 Å². The Labute approximate surface area is 255 Å². The van der Waals surface area contributed by atoms with E-state index in [9.17, 15) is 0 Å². The fraction of sp³-hybridized carbons (Fsp3) is 0.368. The molecule has 7 rings (SSSR count). The Morgan fingerprint density at radius 2 is 1.65 bits per heavy atom. The summed E-state index contributed by atoms with van der Waals surface area (Å²) in [6, 6.07) is 26.1. The number of aryl methyl sites for hydroxylation is 1. The molecule has 0 N–H and O–H groups in total. The number of nitrogens with zero attached hydrogens (tertiary/aromatic N) is 3. The van der Waals surface area contributed by atoms with Crippen molar-refractivity contribution in [1.82, 2.24) is 4.98 Å². The van der Waals surface area contributed by atoms with Crippen LogP contribution in [0, 0.1) is 6.92 Å². The molecule has 2 aliphatic heterocycles. The molecule has 0 spiro atoms. The minimum absolute atomic E-state index is 0.00798. The molecule has 43 heavy (non-hydrogen) atoms. The van der Waals surface area contributed by atoms with E-state index < -0.39 is 0 Å². The minimum Gasteiger partial charge on any atom is -0.472 e. The van der Waals surface area contributed by atoms with Gasteiger partial charge in [0.15, 0.2) is 0 Å². The molecule has 4 aromatic rings. The van der Waals surface area contributed by atoms with Crippen LogP contribution in [0.15, 0.2) is 84.0 Å². The molecule has 1 fully saturated rings. The zero-order valence-electron chi connectivity index (χ0n) is 26.1. The normalized spacial score (nSPS) is 20.4. The molecular weight excluding hydrogens is 530 g/mol. The average Bonchev–Trinajstić information content (AvgIpc) is 3.41. The monoisotopic (exact) mass is 571 g/mol. The number of para-hydroxylation sites is 1. The number of benzene rings is 3. The van der Waals surface area contributed by atoms with E-state index in [1.807, 2.05) is 6.20 Å². The first-order chi connectivity index (χ1) is 20.6. The molecule has 3 aromatic carbocycles. The fourth-order valence-electron chi connectivity index (χ4n) is 6.91. The first-order valence-electron chi connectivity index (χ1n) is 15.6. The Hall–Kier alpha value is -4.12. The lowest BCUT2D eigenvalue weighted by Gasteiger charge is -2.41. The third kappa shape index (κ3) is 4.99. The maximum atomic E-state index is 6.60. The predicted molar refractivity (Wildman–Crippen MR) is 175 cm³/mol. The summed E-state index contributed by atoms with van der Waals surface area (Å²) >= 11 is 0. The number of aliphatic imine (C=N–C) groups is 1. The number of aromatic nitrogens is 1. The van der Waals surface area contributed by atoms with Gasteiger partial charge in [0.05, 0.1) is 17.4 Å². The highest BCUT2D eigenvalue weighted by atomic mass is 16.5. The van der Waals surface area contributed by atoms with Crippen molar-refractivity contribution in [3.63, 3.8) is 0 Å². The molecule has 5 nitrogen and oxygen atoms in total. The summed E-state index contributed by atoms with van der Waals surface area (Å²) in [6.07, 6.45) is 6.80. The van der Waals surface area contributed by atoms with E-state index in [0.717, 1.165) is 58.6 Å². The molecule has 3 aliphatic rings. The van der Waals surface area contributed by atoms with Crippen molar-refractivity contribution in [3.8, 4) is 11.5 Å². The van der Waals surface area contributed by atoms with Crippen LogP contribution in [0.5, 0.6) is 11.5 Å². The quantitative estimate of drug-likeness (QED) is 0.245. The van der Waals surface area contributed by atoms with Crippen molar-refractivity contribution >= 4 is 23.1 Å². The number of rotatable bonds is 4. The molecule has 0 radical (unpaired) electrons. The Balaban J connectivity index is 1.29. The molecule has 1 aromatic heterocycles. The summed E-state index contributed by atoms with van der Waals surface area (Å²) in [4.78, 5) is 12.1. The van der Waals surface area contributed by atoms with Crippen LogP contribution in [0.1, 0.15) is 88.1 Å². The lowest BCUT2D eigenvalue weighted by atomic mass is 9.73. The van der Waals surface area contributed by atoms with Gasteiger partial charge in [0, 0.05) is 23.2 Å². The number of hydrogen-bond acceptors (Lipinski definition) is 5. The molecule has 220 valence electrons. The van der Waals surface area contributed by atoms with Crippen molar-refractivity contribution in [2.75, 3.05) is 4.90 Å². The third-order valence-corrected chi connectivity index (χ3v) is 9.29. The first-order valence-corrected chi connectivity index (χ1v) is 15.6. The smallest absolute Gasteiger partial charge is 0.216 e. The van der Waals surface area contributed by atoms with E-state index in [-0.39, 0.29) is 23.0 Å². The van der Waals surface area contributed by atoms with E-state index in [1.165, 1.54) is 29.5 Å². The zero-order valence-corrected chi connectivity index (χ0v) is 26.1. The van der Waals surface area contributed by atoms with Gasteiger partial charge in [0.1, 0.15) is 23.4 Å². The Morgan fingerprint density at radius 3 is 2.47 bits per heavy atom. The molecule has 2 atom stereocenters. The lowest BCUT2D eigenvalue weighted by Crippen LogP contribution is -2.31. The Morgan fingerprint density at radius 1 is 0.860 bits per heavy atom. The fourth-order valence-corrected chi connectivity index (χ4v) is 6.91. The highest BCUT2D eigenvalue weighted by Gasteiger charge is 2.38. The lowest BCUT2D eigenvalue weighted by molar-refractivity contribution is 0.153. The minimum atomic E-state index is -0.187. The van der Waals surface area contributed by atoms with Crippen LogP contribution in [0.25, 0.3) is 0 Å². The van der Waals surface area contributed by atoms with Crippen molar-refractivity contribution in [3.05, 3.63) is 107 Å². The SMILES string of the molecule is Cc1cc(Oc2ccc3c(c2)N(c2cc(C(C)(C)C)ccn2)c2ccccc2C3(C)C)cc(C2=N[C@H]3CCCC[C@@H]3O2)c1. The summed E-state index contributed by atoms with van der Waals surface area (Å²) in [6.45, 7) is 13.4.